The number of fused-ring (bicyclic) bond motifs is 1. The number of halogens is 1. The number of likely N-dealkylation sites (N-methyl/N-ethyl adjacent to an activating group) is 1. The summed E-state index contributed by atoms with van der Waals surface area (Å²) in [5.41, 5.74) is 0.964. The second kappa shape index (κ2) is 6.81. The Hall–Kier alpha value is -1.46. The molecule has 0 aliphatic carbocycles. The third-order valence-electron chi connectivity index (χ3n) is 2.81. The van der Waals surface area contributed by atoms with Crippen LogP contribution in [0.4, 0.5) is 0 Å². The molecule has 20 heavy (non-hydrogen) atoms. The molecule has 0 fully saturated rings. The molecule has 110 valence electrons. The summed E-state index contributed by atoms with van der Waals surface area (Å²) in [5, 5.41) is 0.529. The van der Waals surface area contributed by atoms with Gasteiger partial charge in [-0.2, -0.15) is 0 Å². The van der Waals surface area contributed by atoms with E-state index in [1.165, 1.54) is 0 Å². The number of hydrogen-bond acceptors (Lipinski definition) is 5. The van der Waals surface area contributed by atoms with Crippen LogP contribution in [-0.2, 0) is 16.1 Å². The Labute approximate surface area is 123 Å². The zero-order valence-electron chi connectivity index (χ0n) is 11.6. The van der Waals surface area contributed by atoms with Crippen LogP contribution in [0.15, 0.2) is 12.1 Å². The van der Waals surface area contributed by atoms with E-state index in [1.807, 2.05) is 24.1 Å². The van der Waals surface area contributed by atoms with Gasteiger partial charge in [0.25, 0.3) is 0 Å². The Morgan fingerprint density at radius 3 is 2.90 bits per heavy atom. The molecule has 0 radical (unpaired) electrons. The summed E-state index contributed by atoms with van der Waals surface area (Å²) in [4.78, 5) is 13.3. The van der Waals surface area contributed by atoms with Crippen molar-refractivity contribution >= 4 is 17.6 Å². The Balaban J connectivity index is 2.02. The second-order valence-corrected chi connectivity index (χ2v) is 4.99. The fourth-order valence-corrected chi connectivity index (χ4v) is 2.34. The zero-order chi connectivity index (χ0) is 14.5. The first-order valence-corrected chi connectivity index (χ1v) is 6.90. The van der Waals surface area contributed by atoms with Gasteiger partial charge in [-0.3, -0.25) is 9.69 Å². The summed E-state index contributed by atoms with van der Waals surface area (Å²) >= 11 is 6.17. The average Bonchev–Trinajstić information content (AvgIpc) is 2.38. The molecular weight excluding hydrogens is 282 g/mol. The fourth-order valence-electron chi connectivity index (χ4n) is 2.05. The van der Waals surface area contributed by atoms with Crippen molar-refractivity contribution in [3.05, 3.63) is 22.7 Å². The van der Waals surface area contributed by atoms with Crippen LogP contribution in [0.3, 0.4) is 0 Å². The molecule has 0 amide bonds. The molecule has 0 spiro atoms. The number of rotatable bonds is 5. The van der Waals surface area contributed by atoms with Crippen molar-refractivity contribution in [2.75, 3.05) is 33.4 Å². The van der Waals surface area contributed by atoms with E-state index in [0.29, 0.717) is 42.9 Å². The smallest absolute Gasteiger partial charge is 0.320 e. The first-order valence-electron chi connectivity index (χ1n) is 6.52. The van der Waals surface area contributed by atoms with Crippen LogP contribution in [0.25, 0.3) is 0 Å². The van der Waals surface area contributed by atoms with Crippen molar-refractivity contribution in [2.45, 2.75) is 13.5 Å². The van der Waals surface area contributed by atoms with Crippen LogP contribution in [0.1, 0.15) is 12.5 Å². The maximum absolute atomic E-state index is 11.4. The summed E-state index contributed by atoms with van der Waals surface area (Å²) in [6.07, 6.45) is 0. The molecule has 1 aromatic carbocycles. The number of carbonyl (C=O) groups excluding carboxylic acids is 1. The molecule has 0 atom stereocenters. The highest BCUT2D eigenvalue weighted by molar-refractivity contribution is 6.32. The molecule has 0 N–H and O–H groups in total. The van der Waals surface area contributed by atoms with Gasteiger partial charge in [0.15, 0.2) is 11.5 Å². The van der Waals surface area contributed by atoms with Crippen LogP contribution in [0.2, 0.25) is 5.02 Å². The molecular formula is C14H18ClNO4. The molecule has 0 saturated carbocycles. The number of hydrogen-bond donors (Lipinski definition) is 0. The SMILES string of the molecule is CCOC(=O)CN(C)Cc1cc(Cl)c2c(c1)OCCO2. The van der Waals surface area contributed by atoms with E-state index in [-0.39, 0.29) is 12.5 Å². The van der Waals surface area contributed by atoms with Crippen molar-refractivity contribution in [3.8, 4) is 11.5 Å². The molecule has 1 heterocycles. The number of benzene rings is 1. The lowest BCUT2D eigenvalue weighted by Gasteiger charge is -2.21. The lowest BCUT2D eigenvalue weighted by atomic mass is 10.2. The highest BCUT2D eigenvalue weighted by atomic mass is 35.5. The molecule has 1 aromatic rings. The topological polar surface area (TPSA) is 48.0 Å². The van der Waals surface area contributed by atoms with Gasteiger partial charge in [0.1, 0.15) is 13.2 Å². The molecule has 0 unspecified atom stereocenters. The minimum Gasteiger partial charge on any atom is -0.486 e. The minimum atomic E-state index is -0.237. The van der Waals surface area contributed by atoms with E-state index >= 15 is 0 Å². The summed E-state index contributed by atoms with van der Waals surface area (Å²) in [6, 6.07) is 3.72. The summed E-state index contributed by atoms with van der Waals surface area (Å²) < 4.78 is 15.9. The molecule has 6 heteroatoms. The van der Waals surface area contributed by atoms with E-state index in [1.54, 1.807) is 6.92 Å². The Bertz CT molecular complexity index is 492. The van der Waals surface area contributed by atoms with Gasteiger partial charge < -0.3 is 14.2 Å². The Morgan fingerprint density at radius 1 is 1.40 bits per heavy atom. The van der Waals surface area contributed by atoms with Crippen molar-refractivity contribution < 1.29 is 19.0 Å². The van der Waals surface area contributed by atoms with Crippen LogP contribution in [-0.4, -0.2) is 44.3 Å². The van der Waals surface area contributed by atoms with Gasteiger partial charge in [0, 0.05) is 6.54 Å². The van der Waals surface area contributed by atoms with E-state index < -0.39 is 0 Å². The molecule has 0 saturated heterocycles. The van der Waals surface area contributed by atoms with Gasteiger partial charge in [0.05, 0.1) is 18.2 Å². The summed E-state index contributed by atoms with van der Waals surface area (Å²) in [6.45, 7) is 4.02. The van der Waals surface area contributed by atoms with Gasteiger partial charge in [-0.1, -0.05) is 11.6 Å². The fraction of sp³-hybridized carbons (Fsp3) is 0.500. The average molecular weight is 300 g/mol. The first kappa shape index (κ1) is 14.9. The third kappa shape index (κ3) is 3.77. The van der Waals surface area contributed by atoms with Gasteiger partial charge in [-0.05, 0) is 31.7 Å². The monoisotopic (exact) mass is 299 g/mol. The van der Waals surface area contributed by atoms with Gasteiger partial charge in [-0.25, -0.2) is 0 Å². The van der Waals surface area contributed by atoms with Crippen LogP contribution in [0, 0.1) is 0 Å². The molecule has 5 nitrogen and oxygen atoms in total. The van der Waals surface area contributed by atoms with E-state index in [2.05, 4.69) is 0 Å². The standard InChI is InChI=1S/C14H18ClNO4/c1-3-18-13(17)9-16(2)8-10-6-11(15)14-12(7-10)19-4-5-20-14/h6-7H,3-5,8-9H2,1-2H3. The normalized spacial score (nSPS) is 13.4. The zero-order valence-corrected chi connectivity index (χ0v) is 12.4. The molecule has 0 bridgehead atoms. The van der Waals surface area contributed by atoms with Crippen molar-refractivity contribution in [2.24, 2.45) is 0 Å². The molecule has 1 aliphatic rings. The highest BCUT2D eigenvalue weighted by Crippen LogP contribution is 2.38. The quantitative estimate of drug-likeness (QED) is 0.779. The summed E-state index contributed by atoms with van der Waals surface area (Å²) in [7, 11) is 1.85. The number of nitrogens with zero attached hydrogens (tertiary/aromatic N) is 1. The van der Waals surface area contributed by atoms with E-state index in [4.69, 9.17) is 25.8 Å². The number of carbonyl (C=O) groups is 1. The Kier molecular flexibility index (Phi) is 5.09. The molecule has 0 aromatic heterocycles. The predicted molar refractivity (Wildman–Crippen MR) is 75.4 cm³/mol. The van der Waals surface area contributed by atoms with E-state index in [0.717, 1.165) is 5.56 Å². The lowest BCUT2D eigenvalue weighted by Crippen LogP contribution is -2.27. The number of ether oxygens (including phenoxy) is 3. The molecule has 1 aliphatic heterocycles. The number of esters is 1. The maximum atomic E-state index is 11.4. The van der Waals surface area contributed by atoms with Crippen molar-refractivity contribution in [1.82, 2.24) is 4.90 Å². The third-order valence-corrected chi connectivity index (χ3v) is 3.09. The van der Waals surface area contributed by atoms with Crippen LogP contribution >= 0.6 is 11.6 Å². The predicted octanol–water partition coefficient (Wildman–Crippen LogP) is 2.11. The van der Waals surface area contributed by atoms with Crippen LogP contribution < -0.4 is 9.47 Å². The highest BCUT2D eigenvalue weighted by Gasteiger charge is 2.17. The van der Waals surface area contributed by atoms with Crippen LogP contribution in [0.5, 0.6) is 11.5 Å². The second-order valence-electron chi connectivity index (χ2n) is 4.58. The lowest BCUT2D eigenvalue weighted by molar-refractivity contribution is -0.144. The Morgan fingerprint density at radius 2 is 2.15 bits per heavy atom. The summed E-state index contributed by atoms with van der Waals surface area (Å²) in [5.74, 6) is 1.01. The van der Waals surface area contributed by atoms with Crippen molar-refractivity contribution in [3.63, 3.8) is 0 Å². The van der Waals surface area contributed by atoms with Gasteiger partial charge >= 0.3 is 5.97 Å². The van der Waals surface area contributed by atoms with Gasteiger partial charge in [0.2, 0.25) is 0 Å². The van der Waals surface area contributed by atoms with E-state index in [9.17, 15) is 4.79 Å². The van der Waals surface area contributed by atoms with Crippen molar-refractivity contribution in [1.29, 1.82) is 0 Å². The molecule has 2 rings (SSSR count). The minimum absolute atomic E-state index is 0.236. The van der Waals surface area contributed by atoms with Gasteiger partial charge in [-0.15, -0.1) is 0 Å². The maximum Gasteiger partial charge on any atom is 0.320 e. The first-order chi connectivity index (χ1) is 9.60. The largest absolute Gasteiger partial charge is 0.486 e.